The lowest BCUT2D eigenvalue weighted by atomic mass is 9.69. The second kappa shape index (κ2) is 6.36. The largest absolute Gasteiger partial charge is 0.481 e. The van der Waals surface area contributed by atoms with Crippen molar-refractivity contribution in [2.45, 2.75) is 25.7 Å². The lowest BCUT2D eigenvalue weighted by molar-refractivity contribution is -0.169. The van der Waals surface area contributed by atoms with E-state index in [0.29, 0.717) is 12.8 Å². The maximum atomic E-state index is 11.3. The summed E-state index contributed by atoms with van der Waals surface area (Å²) in [5.41, 5.74) is 0. The molecule has 20 heavy (non-hydrogen) atoms. The summed E-state index contributed by atoms with van der Waals surface area (Å²) in [5, 5.41) is 36.5. The van der Waals surface area contributed by atoms with Crippen molar-refractivity contribution >= 4 is 23.9 Å². The molecule has 4 N–H and O–H groups in total. The van der Waals surface area contributed by atoms with Crippen molar-refractivity contribution in [1.29, 1.82) is 0 Å². The monoisotopic (exact) mass is 288 g/mol. The molecule has 1 saturated carbocycles. The van der Waals surface area contributed by atoms with Gasteiger partial charge >= 0.3 is 23.9 Å². The normalized spacial score (nSPS) is 30.8. The highest BCUT2D eigenvalue weighted by Crippen LogP contribution is 2.37. The van der Waals surface area contributed by atoms with Gasteiger partial charge in [0.05, 0.1) is 23.7 Å². The van der Waals surface area contributed by atoms with Gasteiger partial charge in [-0.15, -0.1) is 0 Å². The molecule has 0 aliphatic heterocycles. The van der Waals surface area contributed by atoms with E-state index in [9.17, 15) is 29.4 Å². The Morgan fingerprint density at radius 1 is 0.600 bits per heavy atom. The molecule has 4 atom stereocenters. The molecule has 0 radical (unpaired) electrons. The zero-order valence-corrected chi connectivity index (χ0v) is 10.6. The highest BCUT2D eigenvalue weighted by Gasteiger charge is 2.49. The fourth-order valence-corrected chi connectivity index (χ4v) is 2.79. The van der Waals surface area contributed by atoms with Crippen LogP contribution in [0.15, 0.2) is 0 Å². The summed E-state index contributed by atoms with van der Waals surface area (Å²) in [6, 6.07) is 0. The number of carbonyl (C=O) groups is 4. The zero-order chi connectivity index (χ0) is 15.4. The van der Waals surface area contributed by atoms with E-state index in [-0.39, 0.29) is 12.8 Å². The SMILES string of the molecule is O=C(O)C1CCCCC(C(=O)O)C(C(=O)O)C1C(=O)O. The van der Waals surface area contributed by atoms with Gasteiger partial charge in [0.25, 0.3) is 0 Å². The Morgan fingerprint density at radius 3 is 1.10 bits per heavy atom. The van der Waals surface area contributed by atoms with Crippen LogP contribution in [-0.2, 0) is 19.2 Å². The summed E-state index contributed by atoms with van der Waals surface area (Å²) in [6.07, 6.45) is 0.776. The predicted octanol–water partition coefficient (Wildman–Crippen LogP) is 0.364. The van der Waals surface area contributed by atoms with Crippen LogP contribution in [0.3, 0.4) is 0 Å². The molecule has 0 saturated heterocycles. The van der Waals surface area contributed by atoms with Crippen LogP contribution in [0.4, 0.5) is 0 Å². The first-order chi connectivity index (χ1) is 9.27. The van der Waals surface area contributed by atoms with Crippen LogP contribution in [0.25, 0.3) is 0 Å². The average Bonchev–Trinajstić information content (AvgIpc) is 2.26. The Balaban J connectivity index is 3.29. The van der Waals surface area contributed by atoms with Crippen molar-refractivity contribution in [3.63, 3.8) is 0 Å². The van der Waals surface area contributed by atoms with Gasteiger partial charge in [0, 0.05) is 0 Å². The molecule has 0 heterocycles. The third-order valence-corrected chi connectivity index (χ3v) is 3.74. The Hall–Kier alpha value is -2.12. The molecular formula is C12H16O8. The Kier molecular flexibility index (Phi) is 5.06. The Labute approximate surface area is 114 Å². The minimum Gasteiger partial charge on any atom is -0.481 e. The molecule has 112 valence electrons. The number of carboxylic acids is 4. The molecule has 8 nitrogen and oxygen atoms in total. The van der Waals surface area contributed by atoms with Gasteiger partial charge in [0.2, 0.25) is 0 Å². The van der Waals surface area contributed by atoms with Crippen molar-refractivity contribution in [2.75, 3.05) is 0 Å². The molecule has 1 aliphatic carbocycles. The van der Waals surface area contributed by atoms with Gasteiger partial charge in [-0.2, -0.15) is 0 Å². The minimum atomic E-state index is -1.74. The summed E-state index contributed by atoms with van der Waals surface area (Å²) in [4.78, 5) is 44.9. The van der Waals surface area contributed by atoms with E-state index in [0.717, 1.165) is 0 Å². The van der Waals surface area contributed by atoms with Crippen molar-refractivity contribution in [3.8, 4) is 0 Å². The van der Waals surface area contributed by atoms with Crippen LogP contribution in [0, 0.1) is 23.7 Å². The number of hydrogen-bond acceptors (Lipinski definition) is 4. The van der Waals surface area contributed by atoms with Crippen LogP contribution in [-0.4, -0.2) is 44.3 Å². The molecule has 8 heteroatoms. The van der Waals surface area contributed by atoms with Crippen LogP contribution in [0.1, 0.15) is 25.7 Å². The van der Waals surface area contributed by atoms with Crippen molar-refractivity contribution in [1.82, 2.24) is 0 Å². The van der Waals surface area contributed by atoms with Crippen LogP contribution < -0.4 is 0 Å². The van der Waals surface area contributed by atoms with E-state index >= 15 is 0 Å². The van der Waals surface area contributed by atoms with Gasteiger partial charge in [-0.1, -0.05) is 12.8 Å². The molecule has 0 aromatic carbocycles. The van der Waals surface area contributed by atoms with Crippen LogP contribution >= 0.6 is 0 Å². The number of carboxylic acid groups (broad SMARTS) is 4. The molecule has 1 rings (SSSR count). The van der Waals surface area contributed by atoms with E-state index < -0.39 is 47.5 Å². The second-order valence-corrected chi connectivity index (χ2v) is 4.90. The predicted molar refractivity (Wildman–Crippen MR) is 63.0 cm³/mol. The number of rotatable bonds is 4. The molecule has 0 amide bonds. The van der Waals surface area contributed by atoms with Crippen LogP contribution in [0.5, 0.6) is 0 Å². The fraction of sp³-hybridized carbons (Fsp3) is 0.667. The van der Waals surface area contributed by atoms with Crippen molar-refractivity contribution in [3.05, 3.63) is 0 Å². The first-order valence-electron chi connectivity index (χ1n) is 6.18. The minimum absolute atomic E-state index is 0.0302. The maximum Gasteiger partial charge on any atom is 0.308 e. The fourth-order valence-electron chi connectivity index (χ4n) is 2.79. The molecule has 0 aromatic rings. The number of hydrogen-bond donors (Lipinski definition) is 4. The lowest BCUT2D eigenvalue weighted by Gasteiger charge is -2.31. The topological polar surface area (TPSA) is 149 Å². The molecule has 4 unspecified atom stereocenters. The van der Waals surface area contributed by atoms with Gasteiger partial charge in [0.1, 0.15) is 0 Å². The van der Waals surface area contributed by atoms with Gasteiger partial charge in [-0.3, -0.25) is 19.2 Å². The molecule has 0 bridgehead atoms. The first kappa shape index (κ1) is 15.9. The number of aliphatic carboxylic acids is 4. The summed E-state index contributed by atoms with van der Waals surface area (Å²) in [5.74, 6) is -12.3. The van der Waals surface area contributed by atoms with E-state index in [1.54, 1.807) is 0 Å². The third-order valence-electron chi connectivity index (χ3n) is 3.74. The van der Waals surface area contributed by atoms with Gasteiger partial charge in [-0.25, -0.2) is 0 Å². The smallest absolute Gasteiger partial charge is 0.308 e. The second-order valence-electron chi connectivity index (χ2n) is 4.90. The Morgan fingerprint density at radius 2 is 0.900 bits per heavy atom. The average molecular weight is 288 g/mol. The highest BCUT2D eigenvalue weighted by molar-refractivity contribution is 5.88. The highest BCUT2D eigenvalue weighted by atomic mass is 16.4. The molecule has 1 aliphatic rings. The third kappa shape index (κ3) is 3.25. The standard InChI is InChI=1S/C12H16O8/c13-9(14)5-3-1-2-4-6(10(15)16)8(12(19)20)7(5)11(17)18/h5-8H,1-4H2,(H,13,14)(H,15,16)(H,17,18)(H,19,20). The van der Waals surface area contributed by atoms with E-state index in [1.165, 1.54) is 0 Å². The van der Waals surface area contributed by atoms with Crippen molar-refractivity contribution < 1.29 is 39.6 Å². The van der Waals surface area contributed by atoms with Gasteiger partial charge in [0.15, 0.2) is 0 Å². The lowest BCUT2D eigenvalue weighted by Crippen LogP contribution is -2.45. The molecular weight excluding hydrogens is 272 g/mol. The summed E-state index contributed by atoms with van der Waals surface area (Å²) in [7, 11) is 0. The van der Waals surface area contributed by atoms with Gasteiger partial charge in [-0.05, 0) is 12.8 Å². The van der Waals surface area contributed by atoms with Gasteiger partial charge < -0.3 is 20.4 Å². The maximum absolute atomic E-state index is 11.3. The zero-order valence-electron chi connectivity index (χ0n) is 10.6. The molecule has 0 spiro atoms. The molecule has 0 aromatic heterocycles. The van der Waals surface area contributed by atoms with E-state index in [1.807, 2.05) is 0 Å². The van der Waals surface area contributed by atoms with Crippen LogP contribution in [0.2, 0.25) is 0 Å². The quantitative estimate of drug-likeness (QED) is 0.579. The summed E-state index contributed by atoms with van der Waals surface area (Å²) < 4.78 is 0. The summed E-state index contributed by atoms with van der Waals surface area (Å²) >= 11 is 0. The van der Waals surface area contributed by atoms with E-state index in [2.05, 4.69) is 0 Å². The molecule has 1 fully saturated rings. The Bertz CT molecular complexity index is 389. The first-order valence-corrected chi connectivity index (χ1v) is 6.18. The van der Waals surface area contributed by atoms with E-state index in [4.69, 9.17) is 10.2 Å². The summed E-state index contributed by atoms with van der Waals surface area (Å²) in [6.45, 7) is 0. The van der Waals surface area contributed by atoms with Crippen molar-refractivity contribution in [2.24, 2.45) is 23.7 Å².